The van der Waals surface area contributed by atoms with E-state index in [1.54, 1.807) is 6.07 Å². The first-order chi connectivity index (χ1) is 10.7. The minimum atomic E-state index is -0.278. The fourth-order valence-corrected chi connectivity index (χ4v) is 3.46. The second-order valence-electron chi connectivity index (χ2n) is 6.50. The second kappa shape index (κ2) is 7.24. The number of piperidine rings is 1. The molecule has 0 spiro atoms. The van der Waals surface area contributed by atoms with Crippen molar-refractivity contribution in [3.63, 3.8) is 0 Å². The first-order valence-electron chi connectivity index (χ1n) is 8.46. The van der Waals surface area contributed by atoms with Crippen LogP contribution in [0.25, 0.3) is 0 Å². The Hall–Kier alpha value is -1.40. The molecule has 3 atom stereocenters. The smallest absolute Gasteiger partial charge is 0.271 e. The molecule has 1 aliphatic carbocycles. The van der Waals surface area contributed by atoms with Gasteiger partial charge < -0.3 is 15.7 Å². The standard InChI is InChI=1S/C16H26N4O2/c21-15-6-2-1-4-12(15)10-18-16(22)14-7-9-20(19-14)13-5-3-8-17-11-13/h7,9,12-13,15,17,21H,1-6,8,10-11H2,(H,18,22). The largest absolute Gasteiger partial charge is 0.393 e. The Morgan fingerprint density at radius 3 is 3.00 bits per heavy atom. The van der Waals surface area contributed by atoms with Crippen LogP contribution in [0.4, 0.5) is 0 Å². The third-order valence-corrected chi connectivity index (χ3v) is 4.88. The summed E-state index contributed by atoms with van der Waals surface area (Å²) < 4.78 is 1.90. The molecule has 6 nitrogen and oxygen atoms in total. The van der Waals surface area contributed by atoms with E-state index in [2.05, 4.69) is 15.7 Å². The summed E-state index contributed by atoms with van der Waals surface area (Å²) in [7, 11) is 0. The molecule has 122 valence electrons. The quantitative estimate of drug-likeness (QED) is 0.778. The number of aliphatic hydroxyl groups is 1. The van der Waals surface area contributed by atoms with Crippen molar-refractivity contribution >= 4 is 5.91 Å². The highest BCUT2D eigenvalue weighted by Gasteiger charge is 2.24. The lowest BCUT2D eigenvalue weighted by atomic mass is 9.86. The third-order valence-electron chi connectivity index (χ3n) is 4.88. The van der Waals surface area contributed by atoms with Crippen LogP contribution in [0.3, 0.4) is 0 Å². The van der Waals surface area contributed by atoms with Crippen molar-refractivity contribution in [1.82, 2.24) is 20.4 Å². The molecule has 22 heavy (non-hydrogen) atoms. The number of amides is 1. The summed E-state index contributed by atoms with van der Waals surface area (Å²) in [5.74, 6) is 0.0441. The third kappa shape index (κ3) is 3.67. The van der Waals surface area contributed by atoms with E-state index in [4.69, 9.17) is 0 Å². The van der Waals surface area contributed by atoms with Gasteiger partial charge in [0.2, 0.25) is 0 Å². The fraction of sp³-hybridized carbons (Fsp3) is 0.750. The van der Waals surface area contributed by atoms with Crippen molar-refractivity contribution in [2.24, 2.45) is 5.92 Å². The maximum absolute atomic E-state index is 12.2. The summed E-state index contributed by atoms with van der Waals surface area (Å²) in [5, 5.41) is 20.6. The first-order valence-corrected chi connectivity index (χ1v) is 8.46. The Balaban J connectivity index is 1.52. The van der Waals surface area contributed by atoms with Crippen LogP contribution in [0, 0.1) is 5.92 Å². The van der Waals surface area contributed by atoms with E-state index in [0.29, 0.717) is 18.3 Å². The Morgan fingerprint density at radius 2 is 2.23 bits per heavy atom. The maximum Gasteiger partial charge on any atom is 0.271 e. The van der Waals surface area contributed by atoms with Crippen molar-refractivity contribution in [1.29, 1.82) is 0 Å². The van der Waals surface area contributed by atoms with Gasteiger partial charge in [0, 0.05) is 25.2 Å². The molecule has 3 N–H and O–H groups in total. The van der Waals surface area contributed by atoms with Crippen LogP contribution < -0.4 is 10.6 Å². The van der Waals surface area contributed by atoms with E-state index in [9.17, 15) is 9.90 Å². The molecular weight excluding hydrogens is 280 g/mol. The Kier molecular flexibility index (Phi) is 5.10. The van der Waals surface area contributed by atoms with Gasteiger partial charge in [-0.1, -0.05) is 12.8 Å². The zero-order chi connectivity index (χ0) is 15.4. The van der Waals surface area contributed by atoms with Crippen LogP contribution in [-0.2, 0) is 0 Å². The molecule has 1 aromatic rings. The van der Waals surface area contributed by atoms with E-state index >= 15 is 0 Å². The molecular formula is C16H26N4O2. The maximum atomic E-state index is 12.2. The summed E-state index contributed by atoms with van der Waals surface area (Å²) in [6.07, 6.45) is 7.93. The average molecular weight is 306 g/mol. The highest BCUT2D eigenvalue weighted by atomic mass is 16.3. The van der Waals surface area contributed by atoms with Crippen LogP contribution in [0.15, 0.2) is 12.3 Å². The highest BCUT2D eigenvalue weighted by Crippen LogP contribution is 2.23. The predicted molar refractivity (Wildman–Crippen MR) is 83.7 cm³/mol. The second-order valence-corrected chi connectivity index (χ2v) is 6.50. The van der Waals surface area contributed by atoms with Gasteiger partial charge in [-0.15, -0.1) is 0 Å². The van der Waals surface area contributed by atoms with Gasteiger partial charge in [-0.2, -0.15) is 5.10 Å². The SMILES string of the molecule is O=C(NCC1CCCCC1O)c1ccn(C2CCCNC2)n1. The number of carbonyl (C=O) groups excluding carboxylic acids is 1. The molecule has 1 aromatic heterocycles. The Bertz CT molecular complexity index is 496. The molecule has 3 rings (SSSR count). The molecule has 6 heteroatoms. The van der Waals surface area contributed by atoms with E-state index < -0.39 is 0 Å². The van der Waals surface area contributed by atoms with E-state index in [1.807, 2.05) is 10.9 Å². The summed E-state index contributed by atoms with van der Waals surface area (Å²) in [6, 6.07) is 2.12. The number of carbonyl (C=O) groups is 1. The number of rotatable bonds is 4. The lowest BCUT2D eigenvalue weighted by Gasteiger charge is -2.27. The topological polar surface area (TPSA) is 79.2 Å². The monoisotopic (exact) mass is 306 g/mol. The zero-order valence-electron chi connectivity index (χ0n) is 13.0. The summed E-state index contributed by atoms with van der Waals surface area (Å²) in [6.45, 7) is 2.52. The van der Waals surface area contributed by atoms with Gasteiger partial charge in [0.15, 0.2) is 0 Å². The molecule has 0 bridgehead atoms. The van der Waals surface area contributed by atoms with E-state index in [0.717, 1.165) is 51.6 Å². The summed E-state index contributed by atoms with van der Waals surface area (Å²) in [4.78, 5) is 12.2. The van der Waals surface area contributed by atoms with Crippen LogP contribution in [0.2, 0.25) is 0 Å². The average Bonchev–Trinajstić information content (AvgIpc) is 3.05. The van der Waals surface area contributed by atoms with Crippen LogP contribution in [0.5, 0.6) is 0 Å². The molecule has 2 heterocycles. The first kappa shape index (κ1) is 15.5. The van der Waals surface area contributed by atoms with Crippen molar-refractivity contribution in [3.8, 4) is 0 Å². The molecule has 0 aromatic carbocycles. The van der Waals surface area contributed by atoms with Gasteiger partial charge in [-0.05, 0) is 38.3 Å². The van der Waals surface area contributed by atoms with Crippen LogP contribution in [-0.4, -0.2) is 46.5 Å². The van der Waals surface area contributed by atoms with Gasteiger partial charge in [-0.25, -0.2) is 0 Å². The Labute approximate surface area is 131 Å². The van der Waals surface area contributed by atoms with Crippen molar-refractivity contribution in [2.75, 3.05) is 19.6 Å². The molecule has 0 radical (unpaired) electrons. The van der Waals surface area contributed by atoms with Gasteiger partial charge in [-0.3, -0.25) is 9.48 Å². The highest BCUT2D eigenvalue weighted by molar-refractivity contribution is 5.92. The van der Waals surface area contributed by atoms with Gasteiger partial charge in [0.05, 0.1) is 12.1 Å². The van der Waals surface area contributed by atoms with Gasteiger partial charge >= 0.3 is 0 Å². The molecule has 1 aliphatic heterocycles. The minimum Gasteiger partial charge on any atom is -0.393 e. The molecule has 3 unspecified atom stereocenters. The molecule has 1 saturated carbocycles. The number of hydrogen-bond donors (Lipinski definition) is 3. The fourth-order valence-electron chi connectivity index (χ4n) is 3.46. The molecule has 2 fully saturated rings. The zero-order valence-corrected chi connectivity index (χ0v) is 13.0. The molecule has 1 amide bonds. The lowest BCUT2D eigenvalue weighted by Crippen LogP contribution is -2.37. The number of aliphatic hydroxyl groups excluding tert-OH is 1. The van der Waals surface area contributed by atoms with E-state index in [1.165, 1.54) is 0 Å². The van der Waals surface area contributed by atoms with Crippen molar-refractivity contribution in [3.05, 3.63) is 18.0 Å². The normalized spacial score (nSPS) is 29.2. The molecule has 2 aliphatic rings. The summed E-state index contributed by atoms with van der Waals surface area (Å²) >= 11 is 0. The van der Waals surface area contributed by atoms with Gasteiger partial charge in [0.1, 0.15) is 5.69 Å². The van der Waals surface area contributed by atoms with Crippen LogP contribution >= 0.6 is 0 Å². The van der Waals surface area contributed by atoms with Gasteiger partial charge in [0.25, 0.3) is 5.91 Å². The predicted octanol–water partition coefficient (Wildman–Crippen LogP) is 1.09. The molecule has 1 saturated heterocycles. The van der Waals surface area contributed by atoms with Crippen molar-refractivity contribution in [2.45, 2.75) is 50.7 Å². The number of hydrogen-bond acceptors (Lipinski definition) is 4. The van der Waals surface area contributed by atoms with E-state index in [-0.39, 0.29) is 17.9 Å². The number of aromatic nitrogens is 2. The Morgan fingerprint density at radius 1 is 1.36 bits per heavy atom. The van der Waals surface area contributed by atoms with Crippen LogP contribution in [0.1, 0.15) is 55.1 Å². The minimum absolute atomic E-state index is 0.139. The lowest BCUT2D eigenvalue weighted by molar-refractivity contribution is 0.0661. The van der Waals surface area contributed by atoms with Crippen molar-refractivity contribution < 1.29 is 9.90 Å². The summed E-state index contributed by atoms with van der Waals surface area (Å²) in [5.41, 5.74) is 0.468. The number of nitrogens with one attached hydrogen (secondary N) is 2. The number of nitrogens with zero attached hydrogens (tertiary/aromatic N) is 2.